The Morgan fingerprint density at radius 3 is 2.36 bits per heavy atom. The van der Waals surface area contributed by atoms with Gasteiger partial charge in [-0.05, 0) is 47.6 Å². The van der Waals surface area contributed by atoms with E-state index in [1.54, 1.807) is 6.92 Å². The van der Waals surface area contributed by atoms with E-state index < -0.39 is 18.4 Å². The quantitative estimate of drug-likeness (QED) is 0.160. The number of ether oxygens (including phenoxy) is 3. The predicted octanol–water partition coefficient (Wildman–Crippen LogP) is 6.64. The van der Waals surface area contributed by atoms with Crippen LogP contribution in [0.4, 0.5) is 0 Å². The molecule has 47 heavy (non-hydrogen) atoms. The van der Waals surface area contributed by atoms with Crippen molar-refractivity contribution < 1.29 is 28.9 Å². The van der Waals surface area contributed by atoms with Gasteiger partial charge in [-0.15, -0.1) is 6.58 Å². The zero-order chi connectivity index (χ0) is 33.3. The molecule has 1 heterocycles. The number of aliphatic hydroxyl groups is 1. The molecule has 0 radical (unpaired) electrons. The number of nitrogens with zero attached hydrogens (tertiary/aromatic N) is 1. The van der Waals surface area contributed by atoms with Crippen molar-refractivity contribution in [3.63, 3.8) is 0 Å². The maximum absolute atomic E-state index is 12.5. The molecule has 1 amide bonds. The van der Waals surface area contributed by atoms with Crippen LogP contribution < -0.4 is 5.32 Å². The monoisotopic (exact) mass is 640 g/mol. The molecular weight excluding hydrogens is 592 g/mol. The minimum absolute atomic E-state index is 0.00285. The number of rotatable bonds is 13. The van der Waals surface area contributed by atoms with Gasteiger partial charge in [0.05, 0.1) is 18.8 Å². The van der Waals surface area contributed by atoms with Gasteiger partial charge < -0.3 is 24.6 Å². The molecule has 5 rings (SSSR count). The SMILES string of the molecule is C=CCN(CC1OC(c2ccc(-c3ccccc3CNC(=O)C(C)OC(C)=O)cc2)OC(c2ccc(CO)cc2)C1C)C1CCCC1. The van der Waals surface area contributed by atoms with Crippen molar-refractivity contribution in [1.29, 1.82) is 0 Å². The number of esters is 1. The van der Waals surface area contributed by atoms with E-state index in [1.807, 2.05) is 42.5 Å². The Kier molecular flexibility index (Phi) is 12.0. The van der Waals surface area contributed by atoms with Gasteiger partial charge in [-0.3, -0.25) is 14.5 Å². The van der Waals surface area contributed by atoms with E-state index in [-0.39, 0.29) is 30.6 Å². The topological polar surface area (TPSA) is 97.3 Å². The summed E-state index contributed by atoms with van der Waals surface area (Å²) in [5, 5.41) is 12.5. The number of hydrogen-bond donors (Lipinski definition) is 2. The standard InChI is InChI=1S/C39H48N2O6/c1-5-22-41(34-11-7-8-12-34)24-36-26(2)37(31-16-14-29(25-42)15-17-31)47-39(46-36)32-20-18-30(19-21-32)35-13-9-6-10-33(35)23-40-38(44)27(3)45-28(4)43/h5-6,9-10,13-21,26-27,34,36-37,39,42H,1,7-8,11-12,22-25H2,2-4H3,(H,40,44). The first-order valence-electron chi connectivity index (χ1n) is 16.8. The molecule has 0 aromatic heterocycles. The summed E-state index contributed by atoms with van der Waals surface area (Å²) in [5.41, 5.74) is 5.81. The molecule has 8 nitrogen and oxygen atoms in total. The third kappa shape index (κ3) is 8.76. The van der Waals surface area contributed by atoms with Crippen molar-refractivity contribution in [3.8, 4) is 11.1 Å². The molecule has 250 valence electrons. The number of benzene rings is 3. The van der Waals surface area contributed by atoms with Crippen LogP contribution in [-0.2, 0) is 37.0 Å². The summed E-state index contributed by atoms with van der Waals surface area (Å²) in [5.74, 6) is -0.737. The van der Waals surface area contributed by atoms with Gasteiger partial charge in [-0.2, -0.15) is 0 Å². The van der Waals surface area contributed by atoms with E-state index in [1.165, 1.54) is 32.6 Å². The summed E-state index contributed by atoms with van der Waals surface area (Å²) in [6.45, 7) is 11.0. The molecule has 0 bridgehead atoms. The second kappa shape index (κ2) is 16.3. The first-order chi connectivity index (χ1) is 22.8. The van der Waals surface area contributed by atoms with Crippen molar-refractivity contribution in [2.24, 2.45) is 5.92 Å². The third-order valence-electron chi connectivity index (χ3n) is 9.42. The minimum atomic E-state index is -0.862. The second-order valence-corrected chi connectivity index (χ2v) is 12.8. The highest BCUT2D eigenvalue weighted by molar-refractivity contribution is 5.83. The molecule has 5 atom stereocenters. The third-order valence-corrected chi connectivity index (χ3v) is 9.42. The lowest BCUT2D eigenvalue weighted by atomic mass is 9.89. The van der Waals surface area contributed by atoms with Crippen LogP contribution in [0.2, 0.25) is 0 Å². The zero-order valence-corrected chi connectivity index (χ0v) is 27.8. The molecule has 1 saturated carbocycles. The van der Waals surface area contributed by atoms with Gasteiger partial charge in [-0.1, -0.05) is 98.6 Å². The van der Waals surface area contributed by atoms with Gasteiger partial charge in [-0.25, -0.2) is 0 Å². The Balaban J connectivity index is 1.36. The molecule has 3 aromatic carbocycles. The van der Waals surface area contributed by atoms with Gasteiger partial charge in [0.25, 0.3) is 5.91 Å². The van der Waals surface area contributed by atoms with Crippen LogP contribution in [0.5, 0.6) is 0 Å². The Hall–Kier alpha value is -3.82. The highest BCUT2D eigenvalue weighted by atomic mass is 16.7. The molecular formula is C39H48N2O6. The fourth-order valence-corrected chi connectivity index (χ4v) is 6.77. The predicted molar refractivity (Wildman–Crippen MR) is 182 cm³/mol. The highest BCUT2D eigenvalue weighted by Gasteiger charge is 2.40. The summed E-state index contributed by atoms with van der Waals surface area (Å²) in [6.07, 6.45) is 5.28. The summed E-state index contributed by atoms with van der Waals surface area (Å²) < 4.78 is 18.5. The first-order valence-corrected chi connectivity index (χ1v) is 16.8. The Labute approximate surface area is 278 Å². The van der Waals surface area contributed by atoms with Crippen molar-refractivity contribution in [2.45, 2.75) is 90.2 Å². The van der Waals surface area contributed by atoms with Crippen LogP contribution in [0.15, 0.2) is 85.5 Å². The van der Waals surface area contributed by atoms with Gasteiger partial charge in [0.15, 0.2) is 12.4 Å². The first kappa shape index (κ1) is 34.5. The largest absolute Gasteiger partial charge is 0.453 e. The maximum atomic E-state index is 12.5. The molecule has 1 saturated heterocycles. The molecule has 3 aromatic rings. The Morgan fingerprint density at radius 1 is 1.02 bits per heavy atom. The van der Waals surface area contributed by atoms with E-state index >= 15 is 0 Å². The van der Waals surface area contributed by atoms with E-state index in [9.17, 15) is 14.7 Å². The lowest BCUT2D eigenvalue weighted by molar-refractivity contribution is -0.276. The van der Waals surface area contributed by atoms with Gasteiger partial charge in [0.1, 0.15) is 0 Å². The zero-order valence-electron chi connectivity index (χ0n) is 27.8. The number of amides is 1. The number of hydrogen-bond acceptors (Lipinski definition) is 7. The summed E-state index contributed by atoms with van der Waals surface area (Å²) >= 11 is 0. The Bertz CT molecular complexity index is 1480. The normalized spacial score (nSPS) is 22.1. The van der Waals surface area contributed by atoms with Gasteiger partial charge in [0, 0.05) is 44.1 Å². The van der Waals surface area contributed by atoms with Crippen LogP contribution in [0.3, 0.4) is 0 Å². The fraction of sp³-hybridized carbons (Fsp3) is 0.436. The van der Waals surface area contributed by atoms with Gasteiger partial charge >= 0.3 is 5.97 Å². The molecule has 1 aliphatic carbocycles. The fourth-order valence-electron chi connectivity index (χ4n) is 6.77. The Morgan fingerprint density at radius 2 is 1.70 bits per heavy atom. The van der Waals surface area contributed by atoms with Crippen molar-refractivity contribution in [2.75, 3.05) is 13.1 Å². The lowest BCUT2D eigenvalue weighted by Gasteiger charge is -2.43. The average Bonchev–Trinajstić information content (AvgIpc) is 3.63. The molecule has 8 heteroatoms. The van der Waals surface area contributed by atoms with Crippen molar-refractivity contribution >= 4 is 11.9 Å². The molecule has 1 aliphatic heterocycles. The summed E-state index contributed by atoms with van der Waals surface area (Å²) in [7, 11) is 0. The van der Waals surface area contributed by atoms with Gasteiger partial charge in [0.2, 0.25) is 0 Å². The van der Waals surface area contributed by atoms with Crippen LogP contribution >= 0.6 is 0 Å². The molecule has 0 spiro atoms. The van der Waals surface area contributed by atoms with Crippen molar-refractivity contribution in [1.82, 2.24) is 10.2 Å². The number of aliphatic hydroxyl groups excluding tert-OH is 1. The number of carbonyl (C=O) groups excluding carboxylic acids is 2. The lowest BCUT2D eigenvalue weighted by Crippen LogP contribution is -2.47. The summed E-state index contributed by atoms with van der Waals surface area (Å²) in [4.78, 5) is 26.3. The van der Waals surface area contributed by atoms with E-state index in [0.29, 0.717) is 12.6 Å². The molecule has 2 fully saturated rings. The average molecular weight is 641 g/mol. The van der Waals surface area contributed by atoms with Crippen LogP contribution in [0.25, 0.3) is 11.1 Å². The number of carbonyl (C=O) groups is 2. The van der Waals surface area contributed by atoms with Crippen LogP contribution in [-0.4, -0.2) is 53.2 Å². The van der Waals surface area contributed by atoms with E-state index in [2.05, 4.69) is 60.1 Å². The maximum Gasteiger partial charge on any atom is 0.303 e. The van der Waals surface area contributed by atoms with Crippen LogP contribution in [0, 0.1) is 5.92 Å². The van der Waals surface area contributed by atoms with Crippen molar-refractivity contribution in [3.05, 3.63) is 108 Å². The number of nitrogens with one attached hydrogen (secondary N) is 1. The highest BCUT2D eigenvalue weighted by Crippen LogP contribution is 2.42. The molecule has 2 aliphatic rings. The second-order valence-electron chi connectivity index (χ2n) is 12.8. The minimum Gasteiger partial charge on any atom is -0.453 e. The van der Waals surface area contributed by atoms with Crippen LogP contribution in [0.1, 0.15) is 81.1 Å². The molecule has 2 N–H and O–H groups in total. The smallest absolute Gasteiger partial charge is 0.303 e. The molecule has 5 unspecified atom stereocenters. The summed E-state index contributed by atoms with van der Waals surface area (Å²) in [6, 6.07) is 24.7. The van der Waals surface area contributed by atoms with E-state index in [4.69, 9.17) is 14.2 Å². The van der Waals surface area contributed by atoms with E-state index in [0.717, 1.165) is 46.5 Å².